The highest BCUT2D eigenvalue weighted by Gasteiger charge is 2.26. The van der Waals surface area contributed by atoms with Crippen LogP contribution in [0.1, 0.15) is 454 Å². The van der Waals surface area contributed by atoms with Gasteiger partial charge in [0.2, 0.25) is 11.8 Å². The van der Waals surface area contributed by atoms with Gasteiger partial charge in [-0.25, -0.2) is 9.13 Å². The van der Waals surface area contributed by atoms with E-state index in [0.29, 0.717) is 0 Å². The van der Waals surface area contributed by atoms with Crippen molar-refractivity contribution in [2.75, 3.05) is 33.0 Å². The zero-order chi connectivity index (χ0) is 96.6. The van der Waals surface area contributed by atoms with Crippen molar-refractivity contribution in [3.63, 3.8) is 0 Å². The van der Waals surface area contributed by atoms with Crippen molar-refractivity contribution in [1.29, 1.82) is 0 Å². The van der Waals surface area contributed by atoms with E-state index in [-0.39, 0.29) is 37.7 Å². The van der Waals surface area contributed by atoms with E-state index in [2.05, 4.69) is 54.3 Å². The maximum absolute atomic E-state index is 11.2. The van der Waals surface area contributed by atoms with Gasteiger partial charge in [-0.05, 0) is 76.4 Å². The first-order valence-corrected chi connectivity index (χ1v) is 53.7. The van der Waals surface area contributed by atoms with E-state index in [1.165, 1.54) is 343 Å². The van der Waals surface area contributed by atoms with Crippen LogP contribution in [-0.2, 0) is 56.4 Å². The molecule has 0 aliphatic heterocycles. The third-order valence-electron chi connectivity index (χ3n) is 21.8. The number of amides is 2. The van der Waals surface area contributed by atoms with Gasteiger partial charge in [0.05, 0.1) is 74.9 Å². The molecule has 0 aromatic heterocycles. The highest BCUT2D eigenvalue weighted by molar-refractivity contribution is 7.46. The molecule has 0 aliphatic carbocycles. The number of rotatable bonds is 84. The summed E-state index contributed by atoms with van der Waals surface area (Å²) in [5.41, 5.74) is 17.3. The molecule has 0 saturated heterocycles. The second-order valence-corrected chi connectivity index (χ2v) is 37.2. The Morgan fingerprint density at radius 3 is 0.750 bits per heavy atom. The Bertz CT molecular complexity index is 2710. The summed E-state index contributed by atoms with van der Waals surface area (Å²) in [6.07, 6.45) is 90.7. The molecule has 758 valence electrons. The molecule has 2 amide bonds. The number of hydrogen-bond donors (Lipinski definition) is 14. The lowest BCUT2D eigenvalue weighted by atomic mass is 10.0. The molecule has 26 nitrogen and oxygen atoms in total. The number of aliphatic hydroxyl groups excluding tert-OH is 5. The molecule has 0 fully saturated rings. The van der Waals surface area contributed by atoms with Crippen molar-refractivity contribution in [3.05, 3.63) is 60.8 Å². The Balaban J connectivity index is -0.000000493. The molecular formula is C100H197N5O21P2. The van der Waals surface area contributed by atoms with E-state index in [1.54, 1.807) is 30.4 Å². The van der Waals surface area contributed by atoms with Gasteiger partial charge < -0.3 is 87.2 Å². The number of esters is 3. The highest BCUT2D eigenvalue weighted by atomic mass is 31.2. The standard InChI is InChI=1S/2C20H40NO6P.3C20H39NO3/c1-3-4-5-6-7-8-9-10-11-12-13-14-15-16-20(27-18(2)22)19(21)17-26-28(23,24)25;1-3-4-5-6-7-8-9-10-11-12-13-14-15-16-20(23)19(21-18(2)22)17-27-28(24,25)26;1-3-4-5-6-7-8-9-10-11-12-13-14-15-16-20(23)19(21)17-24-18(2)22;1-3-4-5-6-7-8-9-10-11-12-13-14-15-16-20(19(21)17-22)24-18(2)23;1-3-4-5-6-7-8-9-10-11-12-13-14-15-16-20(24)19(17-22)21-18(2)23/h15-16,19-20H,3-14,17,21H2,1-2H3,(H2,23,24,25);15-16,19-20,23H,3-14,17H2,1-2H3,(H,21,22)(H2,24,25,26);15-16,19-20,23H,3-14,17,21H2,1-2H3;15-16,19-20,22H,3-14,17,21H2,1-2H3;15-16,19-20,22,24H,3-14,17H2,1-2H3,(H,21,23)/b5*16-15+. The molecule has 10 unspecified atom stereocenters. The van der Waals surface area contributed by atoms with E-state index in [1.807, 2.05) is 30.4 Å². The SMILES string of the molecule is CCCCCCCCCCCCC/C=C/C(O)C(CO)NC(C)=O.CCCCCCCCCCCCC/C=C/C(O)C(COP(=O)(O)O)NC(C)=O.CCCCCCCCCCCCC/C=C/C(O)C(N)COC(C)=O.CCCCCCCCCCCCC/C=C/C(OC(C)=O)C(N)CO.CCCCCCCCCCCCC/C=C/C(OC(C)=O)C(N)COP(=O)(O)O. The predicted molar refractivity (Wildman–Crippen MR) is 526 cm³/mol. The second kappa shape index (κ2) is 100. The van der Waals surface area contributed by atoms with Crippen LogP contribution in [0.3, 0.4) is 0 Å². The number of phosphoric ester groups is 2. The Labute approximate surface area is 779 Å². The van der Waals surface area contributed by atoms with Gasteiger partial charge >= 0.3 is 33.6 Å². The fourth-order valence-electron chi connectivity index (χ4n) is 14.0. The summed E-state index contributed by atoms with van der Waals surface area (Å²) in [5.74, 6) is -1.90. The smallest absolute Gasteiger partial charge is 0.464 e. The van der Waals surface area contributed by atoms with Crippen LogP contribution < -0.4 is 27.8 Å². The van der Waals surface area contributed by atoms with Crippen LogP contribution in [0.5, 0.6) is 0 Å². The zero-order valence-electron chi connectivity index (χ0n) is 82.6. The zero-order valence-corrected chi connectivity index (χ0v) is 84.3. The first-order valence-electron chi connectivity index (χ1n) is 50.6. The molecule has 0 radical (unpaired) electrons. The maximum atomic E-state index is 11.2. The Morgan fingerprint density at radius 1 is 0.289 bits per heavy atom. The van der Waals surface area contributed by atoms with Crippen molar-refractivity contribution in [3.8, 4) is 0 Å². The quantitative estimate of drug-likeness (QED) is 0.00884. The number of carbonyl (C=O) groups is 5. The highest BCUT2D eigenvalue weighted by Crippen LogP contribution is 2.37. The Hall–Kier alpha value is -4.05. The van der Waals surface area contributed by atoms with Gasteiger partial charge in [0, 0.05) is 34.6 Å². The van der Waals surface area contributed by atoms with Gasteiger partial charge in [-0.1, -0.05) is 404 Å². The van der Waals surface area contributed by atoms with Gasteiger partial charge in [-0.15, -0.1) is 0 Å². The Morgan fingerprint density at radius 2 is 0.516 bits per heavy atom. The van der Waals surface area contributed by atoms with E-state index in [9.17, 15) is 48.4 Å². The number of phosphoric acid groups is 2. The summed E-state index contributed by atoms with van der Waals surface area (Å²) in [4.78, 5) is 90.0. The number of nitrogens with two attached hydrogens (primary N) is 3. The summed E-state index contributed by atoms with van der Waals surface area (Å²) < 4.78 is 45.3. The van der Waals surface area contributed by atoms with Crippen LogP contribution in [0.2, 0.25) is 0 Å². The third-order valence-corrected chi connectivity index (χ3v) is 22.7. The molecule has 17 N–H and O–H groups in total. The predicted octanol–water partition coefficient (Wildman–Crippen LogP) is 21.9. The number of carbonyl (C=O) groups excluding carboxylic acids is 5. The van der Waals surface area contributed by atoms with Crippen LogP contribution in [0.4, 0.5) is 0 Å². The fourth-order valence-corrected chi connectivity index (χ4v) is 14.7. The molecule has 0 aliphatic rings. The van der Waals surface area contributed by atoms with Crippen LogP contribution >= 0.6 is 15.6 Å². The van der Waals surface area contributed by atoms with Crippen molar-refractivity contribution in [2.24, 2.45) is 17.2 Å². The van der Waals surface area contributed by atoms with Crippen molar-refractivity contribution < 1.29 is 101 Å². The number of hydrogen-bond acceptors (Lipinski definition) is 20. The van der Waals surface area contributed by atoms with Gasteiger partial charge in [-0.3, -0.25) is 33.0 Å². The largest absolute Gasteiger partial charge is 0.469 e. The molecule has 0 spiro atoms. The first-order chi connectivity index (χ1) is 61.3. The molecule has 0 aromatic rings. The number of ether oxygens (including phenoxy) is 3. The average molecular weight is 1870 g/mol. The molecule has 28 heteroatoms. The lowest BCUT2D eigenvalue weighted by Crippen LogP contribution is -2.44. The minimum atomic E-state index is -4.65. The third kappa shape index (κ3) is 109. The maximum Gasteiger partial charge on any atom is 0.469 e. The summed E-state index contributed by atoms with van der Waals surface area (Å²) in [6.45, 7) is 16.6. The number of aliphatic hydroxyl groups is 5. The summed E-state index contributed by atoms with van der Waals surface area (Å²) >= 11 is 0. The van der Waals surface area contributed by atoms with Crippen LogP contribution in [0.25, 0.3) is 0 Å². The van der Waals surface area contributed by atoms with Gasteiger partial charge in [-0.2, -0.15) is 0 Å². The monoisotopic (exact) mass is 1870 g/mol. The average Bonchev–Trinajstić information content (AvgIpc) is 0.893. The fraction of sp³-hybridized carbons (Fsp3) is 0.850. The molecule has 0 rings (SSSR count). The summed E-state index contributed by atoms with van der Waals surface area (Å²) in [7, 11) is -9.25. The van der Waals surface area contributed by atoms with E-state index >= 15 is 0 Å². The molecule has 10 atom stereocenters. The minimum absolute atomic E-state index is 0.0548. The molecular weight excluding hydrogens is 1670 g/mol. The van der Waals surface area contributed by atoms with Crippen molar-refractivity contribution in [2.45, 2.75) is 515 Å². The van der Waals surface area contributed by atoms with Crippen molar-refractivity contribution >= 4 is 45.4 Å². The van der Waals surface area contributed by atoms with Gasteiger partial charge in [0.1, 0.15) is 18.8 Å². The first kappa shape index (κ1) is 132. The molecule has 0 heterocycles. The van der Waals surface area contributed by atoms with Crippen LogP contribution in [0.15, 0.2) is 60.8 Å². The molecule has 0 bridgehead atoms. The number of nitrogens with one attached hydrogen (secondary N) is 2. The normalized spacial score (nSPS) is 14.1. The summed E-state index contributed by atoms with van der Waals surface area (Å²) in [5, 5.41) is 53.0. The number of unbranched alkanes of at least 4 members (excludes halogenated alkanes) is 55. The topological polar surface area (TPSA) is 450 Å². The van der Waals surface area contributed by atoms with Crippen LogP contribution in [0, 0.1) is 0 Å². The lowest BCUT2D eigenvalue weighted by molar-refractivity contribution is -0.146. The molecule has 128 heavy (non-hydrogen) atoms. The van der Waals surface area contributed by atoms with Gasteiger partial charge in [0.25, 0.3) is 0 Å². The second-order valence-electron chi connectivity index (χ2n) is 34.7. The molecule has 0 aromatic carbocycles. The van der Waals surface area contributed by atoms with Crippen molar-refractivity contribution in [1.82, 2.24) is 10.6 Å². The molecule has 0 saturated carbocycles. The van der Waals surface area contributed by atoms with E-state index in [0.717, 1.165) is 77.0 Å². The van der Waals surface area contributed by atoms with E-state index in [4.69, 9.17) is 61.2 Å². The van der Waals surface area contributed by atoms with E-state index < -0.39 is 101 Å². The van der Waals surface area contributed by atoms with Gasteiger partial charge in [0.15, 0.2) is 0 Å². The minimum Gasteiger partial charge on any atom is -0.464 e. The lowest BCUT2D eigenvalue weighted by Gasteiger charge is -2.21. The van der Waals surface area contributed by atoms with Crippen LogP contribution in [-0.4, -0.2) is 169 Å². The Kier molecular flexibility index (Phi) is 104. The summed E-state index contributed by atoms with van der Waals surface area (Å²) in [6, 6.07) is -3.47. The number of allylic oxidation sites excluding steroid dienone is 5.